The maximum Gasteiger partial charge on any atom is 0.271 e. The highest BCUT2D eigenvalue weighted by Crippen LogP contribution is 2.17. The van der Waals surface area contributed by atoms with E-state index in [2.05, 4.69) is 16.0 Å². The third kappa shape index (κ3) is 6.10. The van der Waals surface area contributed by atoms with Crippen LogP contribution in [0.3, 0.4) is 0 Å². The molecule has 0 atom stereocenters. The number of nitrogens with one attached hydrogen (secondary N) is 3. The molecule has 0 radical (unpaired) electrons. The maximum atomic E-state index is 12.3. The van der Waals surface area contributed by atoms with Gasteiger partial charge in [0.15, 0.2) is 0 Å². The number of nitrogens with zero attached hydrogens (tertiary/aromatic N) is 1. The first-order valence-electron chi connectivity index (χ1n) is 8.52. The molecule has 2 aromatic carbocycles. The quantitative estimate of drug-likeness (QED) is 0.488. The molecule has 0 saturated heterocycles. The molecular formula is C19H22N4O4. The standard InChI is InChI=1S/C19H22N4O4/c1-13(2)11-21-19(25)16-8-3-4-9-17(16)22-18(24)12-20-14-6-5-7-15(10-14)23(26)27/h3-10,13,20H,11-12H2,1-2H3,(H,21,25)(H,22,24). The van der Waals surface area contributed by atoms with Gasteiger partial charge in [-0.15, -0.1) is 0 Å². The van der Waals surface area contributed by atoms with E-state index in [0.717, 1.165) is 0 Å². The molecular weight excluding hydrogens is 348 g/mol. The van der Waals surface area contributed by atoms with Crippen LogP contribution in [-0.2, 0) is 4.79 Å². The molecule has 0 fully saturated rings. The van der Waals surface area contributed by atoms with Gasteiger partial charge in [-0.2, -0.15) is 0 Å². The molecule has 0 saturated carbocycles. The average Bonchev–Trinajstić information content (AvgIpc) is 2.65. The van der Waals surface area contributed by atoms with E-state index in [-0.39, 0.29) is 24.0 Å². The number of non-ortho nitro benzene ring substituents is 1. The summed E-state index contributed by atoms with van der Waals surface area (Å²) in [6, 6.07) is 12.6. The molecule has 0 aliphatic heterocycles. The number of para-hydroxylation sites is 1. The van der Waals surface area contributed by atoms with Crippen LogP contribution in [0, 0.1) is 16.0 Å². The van der Waals surface area contributed by atoms with Gasteiger partial charge in [0.1, 0.15) is 0 Å². The molecule has 2 rings (SSSR count). The van der Waals surface area contributed by atoms with Gasteiger partial charge in [-0.1, -0.05) is 32.0 Å². The molecule has 0 heterocycles. The maximum absolute atomic E-state index is 12.3. The second-order valence-electron chi connectivity index (χ2n) is 6.36. The average molecular weight is 370 g/mol. The molecule has 0 aromatic heterocycles. The second kappa shape index (κ2) is 9.33. The summed E-state index contributed by atoms with van der Waals surface area (Å²) in [5.74, 6) is -0.313. The fourth-order valence-electron chi connectivity index (χ4n) is 2.29. The van der Waals surface area contributed by atoms with Gasteiger partial charge < -0.3 is 16.0 Å². The Morgan fingerprint density at radius 2 is 1.85 bits per heavy atom. The van der Waals surface area contributed by atoms with Crippen molar-refractivity contribution in [2.24, 2.45) is 5.92 Å². The van der Waals surface area contributed by atoms with E-state index in [0.29, 0.717) is 29.4 Å². The van der Waals surface area contributed by atoms with E-state index in [1.807, 2.05) is 13.8 Å². The predicted octanol–water partition coefficient (Wildman–Crippen LogP) is 3.03. The summed E-state index contributed by atoms with van der Waals surface area (Å²) in [7, 11) is 0. The van der Waals surface area contributed by atoms with Crippen LogP contribution in [0.15, 0.2) is 48.5 Å². The number of nitro groups is 1. The molecule has 2 amide bonds. The Bertz CT molecular complexity index is 836. The van der Waals surface area contributed by atoms with E-state index in [1.54, 1.807) is 30.3 Å². The summed E-state index contributed by atoms with van der Waals surface area (Å²) in [5.41, 5.74) is 1.18. The molecule has 0 spiro atoms. The number of rotatable bonds is 8. The van der Waals surface area contributed by atoms with Crippen LogP contribution in [0.4, 0.5) is 17.1 Å². The largest absolute Gasteiger partial charge is 0.376 e. The van der Waals surface area contributed by atoms with Crippen molar-refractivity contribution < 1.29 is 14.5 Å². The minimum atomic E-state index is -0.503. The van der Waals surface area contributed by atoms with E-state index in [4.69, 9.17) is 0 Å². The SMILES string of the molecule is CC(C)CNC(=O)c1ccccc1NC(=O)CNc1cccc([N+](=O)[O-])c1. The van der Waals surface area contributed by atoms with E-state index >= 15 is 0 Å². The smallest absolute Gasteiger partial charge is 0.271 e. The minimum Gasteiger partial charge on any atom is -0.376 e. The van der Waals surface area contributed by atoms with E-state index < -0.39 is 4.92 Å². The van der Waals surface area contributed by atoms with Gasteiger partial charge in [-0.3, -0.25) is 19.7 Å². The van der Waals surface area contributed by atoms with Crippen molar-refractivity contribution in [3.05, 3.63) is 64.2 Å². The van der Waals surface area contributed by atoms with Crippen LogP contribution in [0.1, 0.15) is 24.2 Å². The van der Waals surface area contributed by atoms with Gasteiger partial charge in [0.2, 0.25) is 5.91 Å². The molecule has 8 nitrogen and oxygen atoms in total. The fraction of sp³-hybridized carbons (Fsp3) is 0.263. The van der Waals surface area contributed by atoms with Crippen LogP contribution in [-0.4, -0.2) is 29.8 Å². The molecule has 0 bridgehead atoms. The molecule has 0 aliphatic carbocycles. The summed E-state index contributed by atoms with van der Waals surface area (Å²) in [6.07, 6.45) is 0. The molecule has 8 heteroatoms. The van der Waals surface area contributed by atoms with Crippen LogP contribution < -0.4 is 16.0 Å². The molecule has 2 aromatic rings. The Labute approximate surface area is 157 Å². The van der Waals surface area contributed by atoms with E-state index in [1.165, 1.54) is 18.2 Å². The van der Waals surface area contributed by atoms with Crippen molar-refractivity contribution in [1.29, 1.82) is 0 Å². The van der Waals surface area contributed by atoms with Crippen molar-refractivity contribution in [1.82, 2.24) is 5.32 Å². The Morgan fingerprint density at radius 1 is 1.11 bits per heavy atom. The van der Waals surface area contributed by atoms with Gasteiger partial charge in [-0.25, -0.2) is 0 Å². The summed E-state index contributed by atoms with van der Waals surface area (Å²) in [6.45, 7) is 4.43. The van der Waals surface area contributed by atoms with Crippen molar-refractivity contribution in [3.63, 3.8) is 0 Å². The van der Waals surface area contributed by atoms with Crippen LogP contribution in [0.2, 0.25) is 0 Å². The monoisotopic (exact) mass is 370 g/mol. The zero-order valence-electron chi connectivity index (χ0n) is 15.2. The lowest BCUT2D eigenvalue weighted by Gasteiger charge is -2.13. The molecule has 3 N–H and O–H groups in total. The summed E-state index contributed by atoms with van der Waals surface area (Å²) in [5, 5.41) is 19.1. The number of anilines is 2. The highest BCUT2D eigenvalue weighted by Gasteiger charge is 2.13. The lowest BCUT2D eigenvalue weighted by atomic mass is 10.1. The van der Waals surface area contributed by atoms with Gasteiger partial charge in [-0.05, 0) is 24.1 Å². The Kier molecular flexibility index (Phi) is 6.87. The Morgan fingerprint density at radius 3 is 2.56 bits per heavy atom. The molecule has 0 aliphatic rings. The number of nitro benzene ring substituents is 1. The molecule has 142 valence electrons. The highest BCUT2D eigenvalue weighted by molar-refractivity contribution is 6.04. The Hall–Kier alpha value is -3.42. The third-order valence-corrected chi connectivity index (χ3v) is 3.63. The van der Waals surface area contributed by atoms with Crippen LogP contribution in [0.25, 0.3) is 0 Å². The zero-order chi connectivity index (χ0) is 19.8. The molecule has 0 unspecified atom stereocenters. The van der Waals surface area contributed by atoms with Crippen molar-refractivity contribution in [2.45, 2.75) is 13.8 Å². The topological polar surface area (TPSA) is 113 Å². The van der Waals surface area contributed by atoms with Gasteiger partial charge in [0, 0.05) is 24.4 Å². The first-order chi connectivity index (χ1) is 12.9. The summed E-state index contributed by atoms with van der Waals surface area (Å²) < 4.78 is 0. The highest BCUT2D eigenvalue weighted by atomic mass is 16.6. The predicted molar refractivity (Wildman–Crippen MR) is 104 cm³/mol. The van der Waals surface area contributed by atoms with Gasteiger partial charge in [0.05, 0.1) is 22.7 Å². The molecule has 27 heavy (non-hydrogen) atoms. The first kappa shape index (κ1) is 19.9. The van der Waals surface area contributed by atoms with Gasteiger partial charge >= 0.3 is 0 Å². The number of carbonyl (C=O) groups is 2. The number of carbonyl (C=O) groups excluding carboxylic acids is 2. The van der Waals surface area contributed by atoms with Gasteiger partial charge in [0.25, 0.3) is 11.6 Å². The number of hydrogen-bond acceptors (Lipinski definition) is 5. The van der Waals surface area contributed by atoms with Crippen LogP contribution in [0.5, 0.6) is 0 Å². The summed E-state index contributed by atoms with van der Waals surface area (Å²) >= 11 is 0. The van der Waals surface area contributed by atoms with Crippen molar-refractivity contribution in [3.8, 4) is 0 Å². The van der Waals surface area contributed by atoms with Crippen LogP contribution >= 0.6 is 0 Å². The third-order valence-electron chi connectivity index (χ3n) is 3.63. The normalized spacial score (nSPS) is 10.3. The lowest BCUT2D eigenvalue weighted by Crippen LogP contribution is -2.29. The minimum absolute atomic E-state index is 0.0624. The fourth-order valence-corrected chi connectivity index (χ4v) is 2.29. The van der Waals surface area contributed by atoms with Crippen molar-refractivity contribution in [2.75, 3.05) is 23.7 Å². The number of amides is 2. The number of hydrogen-bond donors (Lipinski definition) is 3. The Balaban J connectivity index is 1.99. The van der Waals surface area contributed by atoms with Crippen molar-refractivity contribution >= 4 is 28.9 Å². The first-order valence-corrected chi connectivity index (χ1v) is 8.52. The van der Waals surface area contributed by atoms with E-state index in [9.17, 15) is 19.7 Å². The zero-order valence-corrected chi connectivity index (χ0v) is 15.2. The lowest BCUT2D eigenvalue weighted by molar-refractivity contribution is -0.384. The second-order valence-corrected chi connectivity index (χ2v) is 6.36. The summed E-state index contributed by atoms with van der Waals surface area (Å²) in [4.78, 5) is 34.8. The number of benzene rings is 2.